The van der Waals surface area contributed by atoms with Crippen LogP contribution in [0.1, 0.15) is 22.3 Å². The third-order valence-electron chi connectivity index (χ3n) is 2.64. The van der Waals surface area contributed by atoms with Gasteiger partial charge in [-0.25, -0.2) is 0 Å². The van der Waals surface area contributed by atoms with E-state index in [4.69, 9.17) is 5.11 Å². The van der Waals surface area contributed by atoms with Gasteiger partial charge >= 0.3 is 0 Å². The first kappa shape index (κ1) is 16.5. The molecule has 7 heteroatoms. The molecule has 0 bridgehead atoms. The Labute approximate surface area is 121 Å². The highest BCUT2D eigenvalue weighted by Gasteiger charge is 2.12. The number of nitrogens with one attached hydrogen (secondary N) is 1. The maximum absolute atomic E-state index is 11.9. The van der Waals surface area contributed by atoms with Crippen molar-refractivity contribution in [1.82, 2.24) is 5.32 Å². The predicted molar refractivity (Wildman–Crippen MR) is 79.2 cm³/mol. The summed E-state index contributed by atoms with van der Waals surface area (Å²) in [6, 6.07) is 4.20. The Morgan fingerprint density at radius 1 is 1.45 bits per heavy atom. The average Bonchev–Trinajstić information content (AvgIpc) is 2.42. The monoisotopic (exact) mass is 298 g/mol. The van der Waals surface area contributed by atoms with Crippen LogP contribution in [-0.4, -0.2) is 40.6 Å². The lowest BCUT2D eigenvalue weighted by Gasteiger charge is -2.07. The van der Waals surface area contributed by atoms with Gasteiger partial charge in [-0.3, -0.25) is 14.9 Å². The minimum Gasteiger partial charge on any atom is -0.396 e. The molecule has 0 saturated heterocycles. The molecule has 0 atom stereocenters. The molecule has 0 aliphatic heterocycles. The Kier molecular flexibility index (Phi) is 7.03. The topological polar surface area (TPSA) is 92.5 Å². The number of hydrogen-bond acceptors (Lipinski definition) is 5. The van der Waals surface area contributed by atoms with Crippen molar-refractivity contribution in [3.05, 3.63) is 39.4 Å². The van der Waals surface area contributed by atoms with E-state index in [0.717, 1.165) is 17.9 Å². The molecule has 1 aromatic rings. The normalized spacial score (nSPS) is 10.3. The highest BCUT2D eigenvalue weighted by molar-refractivity contribution is 7.99. The molecular weight excluding hydrogens is 280 g/mol. The van der Waals surface area contributed by atoms with E-state index >= 15 is 0 Å². The summed E-state index contributed by atoms with van der Waals surface area (Å²) in [7, 11) is 0. The SMILES string of the molecule is Cc1cc([N+](=O)[O-])ccc1C(=O)NCCSCCCO. The summed E-state index contributed by atoms with van der Waals surface area (Å²) in [6.07, 6.45) is 0.750. The molecule has 0 unspecified atom stereocenters. The van der Waals surface area contributed by atoms with Gasteiger partial charge in [-0.2, -0.15) is 11.8 Å². The number of thioether (sulfide) groups is 1. The van der Waals surface area contributed by atoms with Crippen LogP contribution < -0.4 is 5.32 Å². The molecule has 0 saturated carbocycles. The summed E-state index contributed by atoms with van der Waals surface area (Å²) >= 11 is 1.66. The number of non-ortho nitro benzene ring substituents is 1. The lowest BCUT2D eigenvalue weighted by atomic mass is 10.1. The number of amides is 1. The van der Waals surface area contributed by atoms with Gasteiger partial charge in [-0.05, 0) is 30.7 Å². The molecule has 1 rings (SSSR count). The Morgan fingerprint density at radius 2 is 2.20 bits per heavy atom. The molecule has 0 radical (unpaired) electrons. The van der Waals surface area contributed by atoms with Crippen LogP contribution in [0.3, 0.4) is 0 Å². The first-order chi connectivity index (χ1) is 9.56. The molecule has 6 nitrogen and oxygen atoms in total. The molecule has 20 heavy (non-hydrogen) atoms. The number of benzene rings is 1. The smallest absolute Gasteiger partial charge is 0.269 e. The molecule has 110 valence electrons. The van der Waals surface area contributed by atoms with E-state index in [1.54, 1.807) is 18.7 Å². The minimum atomic E-state index is -0.480. The van der Waals surface area contributed by atoms with Crippen LogP contribution in [0.15, 0.2) is 18.2 Å². The van der Waals surface area contributed by atoms with Crippen LogP contribution in [0.5, 0.6) is 0 Å². The van der Waals surface area contributed by atoms with Crippen molar-refractivity contribution >= 4 is 23.4 Å². The summed E-state index contributed by atoms with van der Waals surface area (Å²) in [5, 5.41) is 22.0. The van der Waals surface area contributed by atoms with Crippen LogP contribution in [0.4, 0.5) is 5.69 Å². The van der Waals surface area contributed by atoms with Gasteiger partial charge in [-0.1, -0.05) is 0 Å². The number of aliphatic hydroxyl groups excluding tert-OH is 1. The summed E-state index contributed by atoms with van der Waals surface area (Å²) < 4.78 is 0. The minimum absolute atomic E-state index is 0.0152. The number of rotatable bonds is 8. The number of aryl methyl sites for hydroxylation is 1. The van der Waals surface area contributed by atoms with E-state index in [9.17, 15) is 14.9 Å². The summed E-state index contributed by atoms with van der Waals surface area (Å²) in [4.78, 5) is 22.0. The first-order valence-electron chi connectivity index (χ1n) is 6.28. The van der Waals surface area contributed by atoms with Gasteiger partial charge in [0, 0.05) is 36.6 Å². The van der Waals surface area contributed by atoms with E-state index in [-0.39, 0.29) is 18.2 Å². The number of carbonyl (C=O) groups excluding carboxylic acids is 1. The highest BCUT2D eigenvalue weighted by Crippen LogP contribution is 2.17. The Balaban J connectivity index is 2.45. The molecule has 0 aromatic heterocycles. The maximum atomic E-state index is 11.9. The van der Waals surface area contributed by atoms with E-state index in [1.807, 2.05) is 0 Å². The molecule has 0 spiro atoms. The standard InChI is InChI=1S/C13H18N2O4S/c1-10-9-11(15(18)19)3-4-12(10)13(17)14-5-8-20-7-2-6-16/h3-4,9,16H,2,5-8H2,1H3,(H,14,17). The molecule has 1 amide bonds. The Morgan fingerprint density at radius 3 is 2.80 bits per heavy atom. The summed E-state index contributed by atoms with van der Waals surface area (Å²) in [6.45, 7) is 2.39. The second-order valence-corrected chi connectivity index (χ2v) is 5.43. The molecule has 0 aliphatic carbocycles. The molecule has 0 fully saturated rings. The highest BCUT2D eigenvalue weighted by atomic mass is 32.2. The molecule has 0 aliphatic rings. The molecular formula is C13H18N2O4S. The zero-order valence-corrected chi connectivity index (χ0v) is 12.1. The van der Waals surface area contributed by atoms with Gasteiger partial charge < -0.3 is 10.4 Å². The number of nitro groups is 1. The van der Waals surface area contributed by atoms with Crippen molar-refractivity contribution in [2.24, 2.45) is 0 Å². The number of aliphatic hydroxyl groups is 1. The fourth-order valence-electron chi connectivity index (χ4n) is 1.62. The van der Waals surface area contributed by atoms with Gasteiger partial charge in [0.25, 0.3) is 11.6 Å². The second kappa shape index (κ2) is 8.55. The Bertz CT molecular complexity index is 479. The lowest BCUT2D eigenvalue weighted by Crippen LogP contribution is -2.26. The third kappa shape index (κ3) is 5.18. The van der Waals surface area contributed by atoms with Crippen molar-refractivity contribution in [1.29, 1.82) is 0 Å². The zero-order valence-electron chi connectivity index (χ0n) is 11.3. The predicted octanol–water partition coefficient (Wildman–Crippen LogP) is 1.75. The van der Waals surface area contributed by atoms with Crippen LogP contribution in [-0.2, 0) is 0 Å². The van der Waals surface area contributed by atoms with Crippen molar-refractivity contribution in [3.63, 3.8) is 0 Å². The van der Waals surface area contributed by atoms with Crippen LogP contribution in [0.2, 0.25) is 0 Å². The van der Waals surface area contributed by atoms with Crippen molar-refractivity contribution in [3.8, 4) is 0 Å². The molecule has 1 aromatic carbocycles. The van der Waals surface area contributed by atoms with Gasteiger partial charge in [0.05, 0.1) is 4.92 Å². The van der Waals surface area contributed by atoms with Crippen molar-refractivity contribution < 1.29 is 14.8 Å². The molecule has 2 N–H and O–H groups in total. The fourth-order valence-corrected chi connectivity index (χ4v) is 2.40. The third-order valence-corrected chi connectivity index (χ3v) is 3.71. The van der Waals surface area contributed by atoms with Gasteiger partial charge in [0.2, 0.25) is 0 Å². The average molecular weight is 298 g/mol. The van der Waals surface area contributed by atoms with Gasteiger partial charge in [0.1, 0.15) is 0 Å². The maximum Gasteiger partial charge on any atom is 0.269 e. The number of nitro benzene ring substituents is 1. The number of carbonyl (C=O) groups is 1. The first-order valence-corrected chi connectivity index (χ1v) is 7.43. The Hall–Kier alpha value is -1.60. The number of nitrogens with zero attached hydrogens (tertiary/aromatic N) is 1. The van der Waals surface area contributed by atoms with Crippen LogP contribution >= 0.6 is 11.8 Å². The van der Waals surface area contributed by atoms with Crippen LogP contribution in [0.25, 0.3) is 0 Å². The van der Waals surface area contributed by atoms with Crippen molar-refractivity contribution in [2.45, 2.75) is 13.3 Å². The van der Waals surface area contributed by atoms with Crippen LogP contribution in [0, 0.1) is 17.0 Å². The lowest BCUT2D eigenvalue weighted by molar-refractivity contribution is -0.384. The van der Waals surface area contributed by atoms with Gasteiger partial charge in [-0.15, -0.1) is 0 Å². The quantitative estimate of drug-likeness (QED) is 0.433. The van der Waals surface area contributed by atoms with E-state index in [0.29, 0.717) is 17.7 Å². The van der Waals surface area contributed by atoms with Crippen molar-refractivity contribution in [2.75, 3.05) is 24.7 Å². The second-order valence-electron chi connectivity index (χ2n) is 4.20. The molecule has 0 heterocycles. The fraction of sp³-hybridized carbons (Fsp3) is 0.462. The summed E-state index contributed by atoms with van der Waals surface area (Å²) in [5.41, 5.74) is 1.03. The van der Waals surface area contributed by atoms with Gasteiger partial charge in [0.15, 0.2) is 0 Å². The van der Waals surface area contributed by atoms with E-state index < -0.39 is 4.92 Å². The summed E-state index contributed by atoms with van der Waals surface area (Å²) in [5.74, 6) is 1.42. The largest absolute Gasteiger partial charge is 0.396 e. The van der Waals surface area contributed by atoms with E-state index in [1.165, 1.54) is 18.2 Å². The number of hydrogen-bond donors (Lipinski definition) is 2. The zero-order chi connectivity index (χ0) is 15.0. The van der Waals surface area contributed by atoms with E-state index in [2.05, 4.69) is 5.32 Å².